The molecule has 0 unspecified atom stereocenters. The molecule has 0 atom stereocenters. The Morgan fingerprint density at radius 3 is 1.67 bits per heavy atom. The fourth-order valence-corrected chi connectivity index (χ4v) is 4.51. The largest absolute Gasteiger partial charge is 0.479 e. The minimum absolute atomic E-state index is 0.0252. The van der Waals surface area contributed by atoms with E-state index < -0.39 is 35.8 Å². The molecule has 16 nitrogen and oxygen atoms in total. The van der Waals surface area contributed by atoms with Crippen molar-refractivity contribution in [2.45, 2.75) is 25.9 Å². The van der Waals surface area contributed by atoms with Crippen molar-refractivity contribution in [3.05, 3.63) is 74.8 Å². The zero-order chi connectivity index (χ0) is 35.1. The van der Waals surface area contributed by atoms with Gasteiger partial charge in [0.1, 0.15) is 13.1 Å². The van der Waals surface area contributed by atoms with E-state index in [4.69, 9.17) is 19.9 Å². The highest BCUT2D eigenvalue weighted by molar-refractivity contribution is 5.88. The van der Waals surface area contributed by atoms with Gasteiger partial charge in [-0.2, -0.15) is 0 Å². The average molecular weight is 678 g/mol. The summed E-state index contributed by atoms with van der Waals surface area (Å²) in [7, 11) is 4.24. The molecular formula is C28H27F4N9O7. The Kier molecular flexibility index (Phi) is 10.8. The van der Waals surface area contributed by atoms with Crippen molar-refractivity contribution in [2.24, 2.45) is 0 Å². The third kappa shape index (κ3) is 7.77. The molecule has 0 aliphatic carbocycles. The maximum absolute atomic E-state index is 12.4. The Morgan fingerprint density at radius 2 is 1.19 bits per heavy atom. The van der Waals surface area contributed by atoms with Gasteiger partial charge in [0, 0.05) is 30.0 Å². The normalized spacial score (nSPS) is 10.9. The van der Waals surface area contributed by atoms with E-state index >= 15 is 0 Å². The molecule has 3 aromatic carbocycles. The number of benzene rings is 3. The standard InChI is InChI=1S/C10H9F2N3O3.C10H11F2N3O.C8H7N3O3/c1-18-10-7-4-6(15(16)17)2-3-8(7)14(13-10)5-9(11)12;1-16-10-7-4-6(13)2-3-8(7)15(14-10)5-9(11)12;1-14-8-6-4-5(11(12)13)2-3-7(6)9-10-8/h2-4,9H,5H2,1H3;2-4,9H,5,13H2,1H3;2-4H,1H3,(H,9,10). The fraction of sp³-hybridized carbons (Fsp3) is 0.250. The molecule has 6 rings (SSSR count). The van der Waals surface area contributed by atoms with Gasteiger partial charge in [-0.1, -0.05) is 0 Å². The number of nitrogen functional groups attached to an aromatic ring is 1. The minimum Gasteiger partial charge on any atom is -0.479 e. The number of hydrogen-bond acceptors (Lipinski definition) is 11. The molecule has 0 saturated heterocycles. The highest BCUT2D eigenvalue weighted by Crippen LogP contribution is 2.30. The monoisotopic (exact) mass is 677 g/mol. The van der Waals surface area contributed by atoms with Crippen LogP contribution in [0.1, 0.15) is 0 Å². The third-order valence-electron chi connectivity index (χ3n) is 6.58. The van der Waals surface area contributed by atoms with Crippen LogP contribution in [0.2, 0.25) is 0 Å². The molecule has 0 bridgehead atoms. The van der Waals surface area contributed by atoms with E-state index in [0.717, 1.165) is 4.68 Å². The number of H-pyrrole nitrogens is 1. The highest BCUT2D eigenvalue weighted by Gasteiger charge is 2.18. The van der Waals surface area contributed by atoms with Crippen molar-refractivity contribution >= 4 is 49.8 Å². The number of aromatic nitrogens is 6. The van der Waals surface area contributed by atoms with E-state index in [1.165, 1.54) is 56.3 Å². The summed E-state index contributed by atoms with van der Waals surface area (Å²) in [6, 6.07) is 13.3. The van der Waals surface area contributed by atoms with E-state index in [2.05, 4.69) is 20.4 Å². The van der Waals surface area contributed by atoms with Crippen molar-refractivity contribution in [3.63, 3.8) is 0 Å². The van der Waals surface area contributed by atoms with Crippen LogP contribution in [-0.2, 0) is 13.1 Å². The van der Waals surface area contributed by atoms with Gasteiger partial charge in [0.25, 0.3) is 24.2 Å². The second-order valence-corrected chi connectivity index (χ2v) is 9.62. The first-order chi connectivity index (χ1) is 22.9. The molecule has 3 heterocycles. The van der Waals surface area contributed by atoms with Crippen LogP contribution >= 0.6 is 0 Å². The summed E-state index contributed by atoms with van der Waals surface area (Å²) >= 11 is 0. The van der Waals surface area contributed by atoms with Gasteiger partial charge in [-0.3, -0.25) is 34.7 Å². The Balaban J connectivity index is 0.000000164. The molecule has 20 heteroatoms. The van der Waals surface area contributed by atoms with Crippen LogP contribution in [0.5, 0.6) is 17.6 Å². The first-order valence-electron chi connectivity index (χ1n) is 13.6. The lowest BCUT2D eigenvalue weighted by Crippen LogP contribution is -2.07. The Bertz CT molecular complexity index is 2060. The molecule has 0 radical (unpaired) electrons. The van der Waals surface area contributed by atoms with E-state index in [0.29, 0.717) is 50.2 Å². The van der Waals surface area contributed by atoms with E-state index in [1.807, 2.05) is 0 Å². The second kappa shape index (κ2) is 14.9. The Morgan fingerprint density at radius 1 is 0.729 bits per heavy atom. The Labute approximate surface area is 266 Å². The summed E-state index contributed by atoms with van der Waals surface area (Å²) in [5.74, 6) is 0.765. The predicted octanol–water partition coefficient (Wildman–Crippen LogP) is 5.59. The number of nitrogens with two attached hydrogens (primary N) is 1. The SMILES string of the molecule is COc1n[nH]c2ccc([N+](=O)[O-])cc12.COc1nn(CC(F)F)c2ccc(N)cc12.COc1nn(CC(F)F)c2ccc([N+](=O)[O-])cc12. The highest BCUT2D eigenvalue weighted by atomic mass is 19.3. The number of rotatable bonds is 9. The topological polar surface area (TPSA) is 204 Å². The number of fused-ring (bicyclic) bond motifs is 3. The average Bonchev–Trinajstić information content (AvgIpc) is 3.73. The number of methoxy groups -OCH3 is 3. The molecule has 3 aromatic heterocycles. The number of anilines is 1. The summed E-state index contributed by atoms with van der Waals surface area (Å²) in [5, 5.41) is 37.1. The van der Waals surface area contributed by atoms with Crippen molar-refractivity contribution in [1.29, 1.82) is 0 Å². The minimum atomic E-state index is -2.56. The number of non-ortho nitro benzene ring substituents is 2. The van der Waals surface area contributed by atoms with Gasteiger partial charge in [0.2, 0.25) is 17.6 Å². The maximum atomic E-state index is 12.4. The number of nitrogens with one attached hydrogen (secondary N) is 1. The van der Waals surface area contributed by atoms with Gasteiger partial charge >= 0.3 is 0 Å². The molecule has 0 spiro atoms. The summed E-state index contributed by atoms with van der Waals surface area (Å²) in [5.41, 5.74) is 7.72. The molecule has 254 valence electrons. The smallest absolute Gasteiger partial charge is 0.270 e. The lowest BCUT2D eigenvalue weighted by Gasteiger charge is -2.01. The zero-order valence-corrected chi connectivity index (χ0v) is 25.3. The van der Waals surface area contributed by atoms with Gasteiger partial charge in [-0.25, -0.2) is 17.6 Å². The first kappa shape index (κ1) is 34.7. The lowest BCUT2D eigenvalue weighted by molar-refractivity contribution is -0.384. The van der Waals surface area contributed by atoms with Crippen molar-refractivity contribution in [3.8, 4) is 17.6 Å². The molecule has 3 N–H and O–H groups in total. The number of nitrogens with zero attached hydrogens (tertiary/aromatic N) is 7. The van der Waals surface area contributed by atoms with Crippen LogP contribution < -0.4 is 19.9 Å². The molecule has 0 aliphatic rings. The molecule has 6 aromatic rings. The Hall–Kier alpha value is -6.21. The third-order valence-corrected chi connectivity index (χ3v) is 6.58. The molecule has 0 saturated carbocycles. The quantitative estimate of drug-likeness (QED) is 0.0835. The van der Waals surface area contributed by atoms with Crippen LogP contribution in [0, 0.1) is 20.2 Å². The second-order valence-electron chi connectivity index (χ2n) is 9.62. The lowest BCUT2D eigenvalue weighted by atomic mass is 10.2. The summed E-state index contributed by atoms with van der Waals surface area (Å²) in [4.78, 5) is 20.1. The van der Waals surface area contributed by atoms with Crippen LogP contribution in [0.3, 0.4) is 0 Å². The van der Waals surface area contributed by atoms with E-state index in [1.54, 1.807) is 24.3 Å². The fourth-order valence-electron chi connectivity index (χ4n) is 4.51. The molecule has 48 heavy (non-hydrogen) atoms. The molecule has 0 amide bonds. The van der Waals surface area contributed by atoms with Crippen molar-refractivity contribution in [2.75, 3.05) is 27.1 Å². The van der Waals surface area contributed by atoms with E-state index in [9.17, 15) is 37.8 Å². The van der Waals surface area contributed by atoms with Gasteiger partial charge in [0.15, 0.2) is 0 Å². The summed E-state index contributed by atoms with van der Waals surface area (Å²) in [6.45, 7) is -1.04. The van der Waals surface area contributed by atoms with E-state index in [-0.39, 0.29) is 17.3 Å². The molecular weight excluding hydrogens is 650 g/mol. The number of ether oxygens (including phenoxy) is 3. The predicted molar refractivity (Wildman–Crippen MR) is 165 cm³/mol. The number of nitro benzene ring substituents is 2. The van der Waals surface area contributed by atoms with Gasteiger partial charge in [0.05, 0.1) is 63.9 Å². The van der Waals surface area contributed by atoms with Gasteiger partial charge in [-0.15, -0.1) is 15.3 Å². The number of nitro groups is 2. The summed E-state index contributed by atoms with van der Waals surface area (Å²) in [6.07, 6.45) is -5.02. The zero-order valence-electron chi connectivity index (χ0n) is 25.3. The number of halogens is 4. The first-order valence-corrected chi connectivity index (χ1v) is 13.6. The van der Waals surface area contributed by atoms with Gasteiger partial charge in [-0.05, 0) is 30.3 Å². The number of hydrogen-bond donors (Lipinski definition) is 2. The number of alkyl halides is 4. The van der Waals surface area contributed by atoms with Crippen LogP contribution in [-0.4, -0.2) is 73.8 Å². The number of aromatic amines is 1. The van der Waals surface area contributed by atoms with Crippen molar-refractivity contribution < 1.29 is 41.6 Å². The molecule has 0 fully saturated rings. The van der Waals surface area contributed by atoms with Crippen LogP contribution in [0.4, 0.5) is 34.6 Å². The van der Waals surface area contributed by atoms with Gasteiger partial charge < -0.3 is 19.9 Å². The molecule has 0 aliphatic heterocycles. The summed E-state index contributed by atoms with van der Waals surface area (Å²) < 4.78 is 66.5. The maximum Gasteiger partial charge on any atom is 0.270 e. The van der Waals surface area contributed by atoms with Crippen LogP contribution in [0.15, 0.2) is 54.6 Å². The van der Waals surface area contributed by atoms with Crippen molar-refractivity contribution in [1.82, 2.24) is 29.8 Å². The van der Waals surface area contributed by atoms with Crippen LogP contribution in [0.25, 0.3) is 32.7 Å².